The summed E-state index contributed by atoms with van der Waals surface area (Å²) in [5.74, 6) is 5.59. The van der Waals surface area contributed by atoms with Crippen LogP contribution in [0.1, 0.15) is 12.8 Å². The van der Waals surface area contributed by atoms with Crippen molar-refractivity contribution >= 4 is 23.6 Å². The van der Waals surface area contributed by atoms with E-state index in [0.29, 0.717) is 31.7 Å². The van der Waals surface area contributed by atoms with Crippen molar-refractivity contribution in [3.8, 4) is 0 Å². The van der Waals surface area contributed by atoms with Crippen LogP contribution in [0.15, 0.2) is 0 Å². The number of amides is 2. The minimum atomic E-state index is -0.119. The van der Waals surface area contributed by atoms with Gasteiger partial charge >= 0.3 is 0 Å². The van der Waals surface area contributed by atoms with Crippen LogP contribution in [0.3, 0.4) is 0 Å². The molecular weight excluding hydrogens is 214 g/mol. The molecule has 1 saturated heterocycles. The monoisotopic (exact) mass is 231 g/mol. The quantitative estimate of drug-likeness (QED) is 0.393. The second-order valence-electron chi connectivity index (χ2n) is 3.60. The molecule has 0 bridgehead atoms. The predicted octanol–water partition coefficient (Wildman–Crippen LogP) is -0.422. The lowest BCUT2D eigenvalue weighted by Crippen LogP contribution is -2.45. The topological polar surface area (TPSA) is 75.4 Å². The van der Waals surface area contributed by atoms with Crippen LogP contribution in [-0.4, -0.2) is 41.8 Å². The molecule has 1 aliphatic heterocycles. The third kappa shape index (κ3) is 3.39. The maximum atomic E-state index is 11.5. The minimum Gasteiger partial charge on any atom is -0.342 e. The molecule has 2 amide bonds. The van der Waals surface area contributed by atoms with Crippen LogP contribution in [-0.2, 0) is 9.59 Å². The number of nitrogens with zero attached hydrogens (tertiary/aromatic N) is 1. The molecule has 1 aliphatic rings. The summed E-state index contributed by atoms with van der Waals surface area (Å²) in [5.41, 5.74) is 2.16. The first-order chi connectivity index (χ1) is 7.19. The molecule has 86 valence electrons. The van der Waals surface area contributed by atoms with Crippen molar-refractivity contribution in [1.29, 1.82) is 0 Å². The molecule has 1 rings (SSSR count). The Bertz CT molecular complexity index is 240. The van der Waals surface area contributed by atoms with Gasteiger partial charge in [0.25, 0.3) is 0 Å². The predicted molar refractivity (Wildman–Crippen MR) is 60.0 cm³/mol. The summed E-state index contributed by atoms with van der Waals surface area (Å²) in [6.07, 6.45) is 3.33. The lowest BCUT2D eigenvalue weighted by Gasteiger charge is -2.30. The molecule has 0 unspecified atom stereocenters. The Morgan fingerprint density at radius 1 is 1.47 bits per heavy atom. The van der Waals surface area contributed by atoms with E-state index < -0.39 is 0 Å². The summed E-state index contributed by atoms with van der Waals surface area (Å²) in [6.45, 7) is 1.33. The van der Waals surface area contributed by atoms with Gasteiger partial charge in [-0.3, -0.25) is 15.0 Å². The van der Waals surface area contributed by atoms with Gasteiger partial charge in [-0.05, 0) is 19.1 Å². The van der Waals surface area contributed by atoms with E-state index >= 15 is 0 Å². The molecule has 0 saturated carbocycles. The minimum absolute atomic E-state index is 0.0340. The summed E-state index contributed by atoms with van der Waals surface area (Å²) in [5, 5.41) is 0. The largest absolute Gasteiger partial charge is 0.342 e. The van der Waals surface area contributed by atoms with Crippen molar-refractivity contribution < 1.29 is 9.59 Å². The number of thioether (sulfide) groups is 1. The fourth-order valence-electron chi connectivity index (χ4n) is 1.72. The Morgan fingerprint density at radius 3 is 2.53 bits per heavy atom. The smallest absolute Gasteiger partial charge is 0.237 e. The lowest BCUT2D eigenvalue weighted by atomic mass is 9.96. The van der Waals surface area contributed by atoms with E-state index in [1.165, 1.54) is 11.8 Å². The highest BCUT2D eigenvalue weighted by Crippen LogP contribution is 2.17. The van der Waals surface area contributed by atoms with Crippen molar-refractivity contribution in [1.82, 2.24) is 10.3 Å². The van der Waals surface area contributed by atoms with Crippen LogP contribution in [0.25, 0.3) is 0 Å². The van der Waals surface area contributed by atoms with Gasteiger partial charge in [0.2, 0.25) is 11.8 Å². The first kappa shape index (κ1) is 12.3. The Hall–Kier alpha value is -0.750. The molecule has 0 aromatic carbocycles. The Labute approximate surface area is 93.7 Å². The van der Waals surface area contributed by atoms with E-state index in [1.54, 1.807) is 0 Å². The SMILES string of the molecule is CSCC(=O)N1CCC(C(=O)NN)CC1. The third-order valence-electron chi connectivity index (χ3n) is 2.63. The molecule has 0 aromatic rings. The molecule has 0 aromatic heterocycles. The maximum Gasteiger partial charge on any atom is 0.237 e. The van der Waals surface area contributed by atoms with E-state index in [1.807, 2.05) is 11.2 Å². The second kappa shape index (κ2) is 5.97. The molecule has 0 spiro atoms. The van der Waals surface area contributed by atoms with Crippen LogP contribution in [0.4, 0.5) is 0 Å². The average molecular weight is 231 g/mol. The van der Waals surface area contributed by atoms with Gasteiger partial charge in [-0.1, -0.05) is 0 Å². The van der Waals surface area contributed by atoms with E-state index in [-0.39, 0.29) is 17.7 Å². The maximum absolute atomic E-state index is 11.5. The summed E-state index contributed by atoms with van der Waals surface area (Å²) < 4.78 is 0. The van der Waals surface area contributed by atoms with Crippen LogP contribution in [0, 0.1) is 5.92 Å². The number of nitrogens with two attached hydrogens (primary N) is 1. The molecule has 6 heteroatoms. The molecule has 0 aliphatic carbocycles. The molecular formula is C9H17N3O2S. The van der Waals surface area contributed by atoms with Crippen LogP contribution >= 0.6 is 11.8 Å². The molecule has 5 nitrogen and oxygen atoms in total. The zero-order valence-corrected chi connectivity index (χ0v) is 9.68. The second-order valence-corrected chi connectivity index (χ2v) is 4.46. The van der Waals surface area contributed by atoms with Gasteiger partial charge in [-0.15, -0.1) is 0 Å². The molecule has 15 heavy (non-hydrogen) atoms. The van der Waals surface area contributed by atoms with E-state index in [4.69, 9.17) is 5.84 Å². The normalized spacial score (nSPS) is 17.6. The van der Waals surface area contributed by atoms with Gasteiger partial charge in [-0.2, -0.15) is 11.8 Å². The van der Waals surface area contributed by atoms with E-state index in [9.17, 15) is 9.59 Å². The van der Waals surface area contributed by atoms with Crippen LogP contribution < -0.4 is 11.3 Å². The molecule has 0 radical (unpaired) electrons. The highest BCUT2D eigenvalue weighted by Gasteiger charge is 2.26. The first-order valence-electron chi connectivity index (χ1n) is 4.96. The third-order valence-corrected chi connectivity index (χ3v) is 3.16. The number of hydrogen-bond donors (Lipinski definition) is 2. The van der Waals surface area contributed by atoms with Crippen molar-refractivity contribution in [2.45, 2.75) is 12.8 Å². The Morgan fingerprint density at radius 2 is 2.07 bits per heavy atom. The van der Waals surface area contributed by atoms with Gasteiger partial charge in [0, 0.05) is 19.0 Å². The molecule has 1 fully saturated rings. The fourth-order valence-corrected chi connectivity index (χ4v) is 2.15. The molecule has 1 heterocycles. The van der Waals surface area contributed by atoms with Crippen molar-refractivity contribution in [3.63, 3.8) is 0 Å². The molecule has 0 atom stereocenters. The van der Waals surface area contributed by atoms with Crippen LogP contribution in [0.5, 0.6) is 0 Å². The van der Waals surface area contributed by atoms with Crippen molar-refractivity contribution in [3.05, 3.63) is 0 Å². The number of carbonyl (C=O) groups excluding carboxylic acids is 2. The zero-order valence-electron chi connectivity index (χ0n) is 8.86. The highest BCUT2D eigenvalue weighted by molar-refractivity contribution is 7.99. The number of likely N-dealkylation sites (tertiary alicyclic amines) is 1. The van der Waals surface area contributed by atoms with Gasteiger partial charge in [0.15, 0.2) is 0 Å². The molecule has 3 N–H and O–H groups in total. The summed E-state index contributed by atoms with van der Waals surface area (Å²) >= 11 is 1.52. The van der Waals surface area contributed by atoms with Crippen molar-refractivity contribution in [2.24, 2.45) is 11.8 Å². The number of rotatable bonds is 3. The number of piperidine rings is 1. The zero-order chi connectivity index (χ0) is 11.3. The van der Waals surface area contributed by atoms with Gasteiger partial charge < -0.3 is 4.90 Å². The van der Waals surface area contributed by atoms with Crippen LogP contribution in [0.2, 0.25) is 0 Å². The van der Waals surface area contributed by atoms with E-state index in [0.717, 1.165) is 0 Å². The Kier molecular flexibility index (Phi) is 4.90. The summed E-state index contributed by atoms with van der Waals surface area (Å²) in [6, 6.07) is 0. The number of nitrogens with one attached hydrogen (secondary N) is 1. The summed E-state index contributed by atoms with van der Waals surface area (Å²) in [4.78, 5) is 24.6. The van der Waals surface area contributed by atoms with E-state index in [2.05, 4.69) is 5.43 Å². The first-order valence-corrected chi connectivity index (χ1v) is 6.35. The van der Waals surface area contributed by atoms with Gasteiger partial charge in [0.05, 0.1) is 5.75 Å². The van der Waals surface area contributed by atoms with Gasteiger partial charge in [0.1, 0.15) is 0 Å². The number of hydrogen-bond acceptors (Lipinski definition) is 4. The van der Waals surface area contributed by atoms with Gasteiger partial charge in [-0.25, -0.2) is 5.84 Å². The number of carbonyl (C=O) groups is 2. The fraction of sp³-hybridized carbons (Fsp3) is 0.778. The number of hydrazine groups is 1. The Balaban J connectivity index is 2.35. The standard InChI is InChI=1S/C9H17N3O2S/c1-15-6-8(13)12-4-2-7(3-5-12)9(14)11-10/h7H,2-6,10H2,1H3,(H,11,14). The average Bonchev–Trinajstić information content (AvgIpc) is 2.28. The summed E-state index contributed by atoms with van der Waals surface area (Å²) in [7, 11) is 0. The van der Waals surface area contributed by atoms with Crippen molar-refractivity contribution in [2.75, 3.05) is 25.1 Å². The highest BCUT2D eigenvalue weighted by atomic mass is 32.2. The lowest BCUT2D eigenvalue weighted by molar-refractivity contribution is -0.133.